The Hall–Kier alpha value is -0.820. The molecule has 2 unspecified atom stereocenters. The average Bonchev–Trinajstić information content (AvgIpc) is 2.77. The lowest BCUT2D eigenvalue weighted by Crippen LogP contribution is -2.08. The first kappa shape index (κ1) is 10.3. The number of hydrogen-bond donors (Lipinski definition) is 1. The fourth-order valence-corrected chi connectivity index (χ4v) is 3.37. The molecule has 1 aromatic carbocycles. The summed E-state index contributed by atoms with van der Waals surface area (Å²) in [6, 6.07) is 7.20. The molecule has 2 atom stereocenters. The van der Waals surface area contributed by atoms with E-state index in [1.54, 1.807) is 16.7 Å². The van der Waals surface area contributed by atoms with E-state index in [2.05, 4.69) is 32.0 Å². The zero-order chi connectivity index (χ0) is 11.3. The van der Waals surface area contributed by atoms with Crippen LogP contribution in [0, 0.1) is 5.41 Å². The first-order valence-corrected chi connectivity index (χ1v) is 6.48. The molecule has 0 radical (unpaired) electrons. The van der Waals surface area contributed by atoms with Crippen molar-refractivity contribution in [1.82, 2.24) is 0 Å². The van der Waals surface area contributed by atoms with Gasteiger partial charge in [-0.15, -0.1) is 0 Å². The van der Waals surface area contributed by atoms with Crippen LogP contribution in [0.15, 0.2) is 18.2 Å². The molecule has 0 bridgehead atoms. The third-order valence-electron chi connectivity index (χ3n) is 4.68. The predicted molar refractivity (Wildman–Crippen MR) is 67.6 cm³/mol. The van der Waals surface area contributed by atoms with Crippen LogP contribution in [-0.2, 0) is 12.8 Å². The van der Waals surface area contributed by atoms with E-state index in [4.69, 9.17) is 5.73 Å². The zero-order valence-corrected chi connectivity index (χ0v) is 10.3. The Morgan fingerprint density at radius 1 is 1.19 bits per heavy atom. The van der Waals surface area contributed by atoms with Gasteiger partial charge in [-0.3, -0.25) is 0 Å². The van der Waals surface area contributed by atoms with Gasteiger partial charge in [0.1, 0.15) is 0 Å². The normalized spacial score (nSPS) is 30.9. The highest BCUT2D eigenvalue weighted by molar-refractivity contribution is 5.45. The van der Waals surface area contributed by atoms with E-state index in [-0.39, 0.29) is 0 Å². The number of fused-ring (bicyclic) bond motifs is 1. The van der Waals surface area contributed by atoms with E-state index in [1.165, 1.54) is 25.7 Å². The molecule has 2 aliphatic rings. The SMILES string of the molecule is CC1(C)C(N)C1c1cccc2c1CCCC2. The summed E-state index contributed by atoms with van der Waals surface area (Å²) < 4.78 is 0. The molecule has 1 fully saturated rings. The molecule has 0 saturated heterocycles. The van der Waals surface area contributed by atoms with Gasteiger partial charge in [-0.05, 0) is 47.8 Å². The minimum Gasteiger partial charge on any atom is -0.327 e. The van der Waals surface area contributed by atoms with Gasteiger partial charge in [-0.1, -0.05) is 32.0 Å². The van der Waals surface area contributed by atoms with Gasteiger partial charge >= 0.3 is 0 Å². The monoisotopic (exact) mass is 215 g/mol. The molecular weight excluding hydrogens is 194 g/mol. The lowest BCUT2D eigenvalue weighted by Gasteiger charge is -2.20. The topological polar surface area (TPSA) is 26.0 Å². The summed E-state index contributed by atoms with van der Waals surface area (Å²) in [6.07, 6.45) is 5.25. The second-order valence-corrected chi connectivity index (χ2v) is 6.02. The van der Waals surface area contributed by atoms with Crippen LogP contribution >= 0.6 is 0 Å². The molecule has 86 valence electrons. The Morgan fingerprint density at radius 2 is 1.88 bits per heavy atom. The molecule has 0 heterocycles. The van der Waals surface area contributed by atoms with E-state index in [9.17, 15) is 0 Å². The highest BCUT2D eigenvalue weighted by atomic mass is 14.8. The summed E-state index contributed by atoms with van der Waals surface area (Å²) in [5.41, 5.74) is 11.3. The number of benzene rings is 1. The van der Waals surface area contributed by atoms with Gasteiger partial charge in [0.2, 0.25) is 0 Å². The molecule has 2 N–H and O–H groups in total. The smallest absolute Gasteiger partial charge is 0.0172 e. The Balaban J connectivity index is 2.03. The first-order valence-electron chi connectivity index (χ1n) is 6.48. The second kappa shape index (κ2) is 3.33. The predicted octanol–water partition coefficient (Wildman–Crippen LogP) is 3.02. The molecule has 16 heavy (non-hydrogen) atoms. The summed E-state index contributed by atoms with van der Waals surface area (Å²) >= 11 is 0. The minimum atomic E-state index is 0.312. The third kappa shape index (κ3) is 1.34. The van der Waals surface area contributed by atoms with E-state index in [0.29, 0.717) is 17.4 Å². The lowest BCUT2D eigenvalue weighted by molar-refractivity contribution is 0.594. The summed E-state index contributed by atoms with van der Waals surface area (Å²) in [6.45, 7) is 4.59. The van der Waals surface area contributed by atoms with Gasteiger partial charge in [0, 0.05) is 12.0 Å². The zero-order valence-electron chi connectivity index (χ0n) is 10.3. The van der Waals surface area contributed by atoms with Crippen molar-refractivity contribution in [2.45, 2.75) is 51.5 Å². The van der Waals surface area contributed by atoms with Gasteiger partial charge in [-0.25, -0.2) is 0 Å². The molecular formula is C15H21N. The van der Waals surface area contributed by atoms with Crippen molar-refractivity contribution in [3.05, 3.63) is 34.9 Å². The number of nitrogens with two attached hydrogens (primary N) is 1. The van der Waals surface area contributed by atoms with Gasteiger partial charge in [0.15, 0.2) is 0 Å². The lowest BCUT2D eigenvalue weighted by atomic mass is 9.85. The summed E-state index contributed by atoms with van der Waals surface area (Å²) in [5, 5.41) is 0. The molecule has 2 aliphatic carbocycles. The Kier molecular flexibility index (Phi) is 2.16. The largest absolute Gasteiger partial charge is 0.327 e. The molecule has 1 heteroatoms. The fourth-order valence-electron chi connectivity index (χ4n) is 3.37. The molecule has 3 rings (SSSR count). The number of aryl methyl sites for hydroxylation is 1. The highest BCUT2D eigenvalue weighted by Gasteiger charge is 2.56. The molecule has 0 aromatic heterocycles. The van der Waals surface area contributed by atoms with Crippen molar-refractivity contribution in [2.75, 3.05) is 0 Å². The van der Waals surface area contributed by atoms with Crippen molar-refractivity contribution in [3.8, 4) is 0 Å². The van der Waals surface area contributed by atoms with E-state index >= 15 is 0 Å². The molecule has 1 aromatic rings. The Labute approximate surface area is 98.0 Å². The van der Waals surface area contributed by atoms with Gasteiger partial charge in [-0.2, -0.15) is 0 Å². The van der Waals surface area contributed by atoms with E-state index in [1.807, 2.05) is 0 Å². The van der Waals surface area contributed by atoms with Crippen LogP contribution in [0.1, 0.15) is 49.3 Å². The van der Waals surface area contributed by atoms with Crippen LogP contribution in [-0.4, -0.2) is 6.04 Å². The van der Waals surface area contributed by atoms with Gasteiger partial charge in [0.05, 0.1) is 0 Å². The van der Waals surface area contributed by atoms with E-state index < -0.39 is 0 Å². The number of hydrogen-bond acceptors (Lipinski definition) is 1. The second-order valence-electron chi connectivity index (χ2n) is 6.02. The quantitative estimate of drug-likeness (QED) is 0.765. The molecule has 1 nitrogen and oxygen atoms in total. The van der Waals surface area contributed by atoms with Crippen molar-refractivity contribution >= 4 is 0 Å². The van der Waals surface area contributed by atoms with Crippen LogP contribution in [0.4, 0.5) is 0 Å². The Morgan fingerprint density at radius 3 is 2.56 bits per heavy atom. The van der Waals surface area contributed by atoms with Crippen LogP contribution < -0.4 is 5.73 Å². The fraction of sp³-hybridized carbons (Fsp3) is 0.600. The van der Waals surface area contributed by atoms with Crippen molar-refractivity contribution < 1.29 is 0 Å². The summed E-state index contributed by atoms with van der Waals surface area (Å²) in [5.74, 6) is 0.598. The maximum atomic E-state index is 6.21. The van der Waals surface area contributed by atoms with E-state index in [0.717, 1.165) is 0 Å². The van der Waals surface area contributed by atoms with Crippen molar-refractivity contribution in [1.29, 1.82) is 0 Å². The van der Waals surface area contributed by atoms with Gasteiger partial charge in [0.25, 0.3) is 0 Å². The molecule has 0 amide bonds. The summed E-state index contributed by atoms with van der Waals surface area (Å²) in [4.78, 5) is 0. The Bertz CT molecular complexity index is 419. The molecule has 0 aliphatic heterocycles. The van der Waals surface area contributed by atoms with Gasteiger partial charge < -0.3 is 5.73 Å². The number of rotatable bonds is 1. The van der Waals surface area contributed by atoms with Crippen LogP contribution in [0.5, 0.6) is 0 Å². The summed E-state index contributed by atoms with van der Waals surface area (Å²) in [7, 11) is 0. The van der Waals surface area contributed by atoms with Crippen molar-refractivity contribution in [2.24, 2.45) is 11.1 Å². The molecule has 1 saturated carbocycles. The minimum absolute atomic E-state index is 0.312. The maximum absolute atomic E-state index is 6.21. The highest BCUT2D eigenvalue weighted by Crippen LogP contribution is 2.58. The van der Waals surface area contributed by atoms with Crippen molar-refractivity contribution in [3.63, 3.8) is 0 Å². The van der Waals surface area contributed by atoms with Crippen LogP contribution in [0.25, 0.3) is 0 Å². The first-order chi connectivity index (χ1) is 7.62. The average molecular weight is 215 g/mol. The van der Waals surface area contributed by atoms with Crippen LogP contribution in [0.3, 0.4) is 0 Å². The maximum Gasteiger partial charge on any atom is 0.0172 e. The standard InChI is InChI=1S/C15H21N/c1-15(2)13(14(15)16)12-9-5-7-10-6-3-4-8-11(10)12/h5,7,9,13-14H,3-4,6,8,16H2,1-2H3. The molecule has 0 spiro atoms. The third-order valence-corrected chi connectivity index (χ3v) is 4.68. The van der Waals surface area contributed by atoms with Crippen LogP contribution in [0.2, 0.25) is 0 Å².